The monoisotopic (exact) mass is 338 g/mol. The number of nitrogens with zero attached hydrogens (tertiary/aromatic N) is 1. The van der Waals surface area contributed by atoms with Crippen LogP contribution in [0.3, 0.4) is 0 Å². The number of piperidine rings is 1. The summed E-state index contributed by atoms with van der Waals surface area (Å²) in [6.07, 6.45) is 1.46. The van der Waals surface area contributed by atoms with Gasteiger partial charge in [-0.1, -0.05) is 12.2 Å². The van der Waals surface area contributed by atoms with E-state index in [0.29, 0.717) is 13.1 Å². The number of hydrogen-bond acceptors (Lipinski definition) is 4. The Balaban J connectivity index is 1.97. The van der Waals surface area contributed by atoms with E-state index in [4.69, 9.17) is 5.11 Å². The molecule has 1 aliphatic heterocycles. The Kier molecular flexibility index (Phi) is 5.17. The van der Waals surface area contributed by atoms with Crippen LogP contribution in [0.15, 0.2) is 41.3 Å². The SMILES string of the molecule is C=C1CCN(C(=O)CNS(=O)(=O)c2ccc(C(=O)O)cc2)CC1. The number of hydrogen-bond donors (Lipinski definition) is 2. The Morgan fingerprint density at radius 1 is 1.17 bits per heavy atom. The van der Waals surface area contributed by atoms with Crippen molar-refractivity contribution in [3.8, 4) is 0 Å². The molecule has 0 spiro atoms. The highest BCUT2D eigenvalue weighted by atomic mass is 32.2. The molecule has 1 aliphatic rings. The molecule has 0 atom stereocenters. The van der Waals surface area contributed by atoms with Gasteiger partial charge in [0.15, 0.2) is 0 Å². The summed E-state index contributed by atoms with van der Waals surface area (Å²) in [5, 5.41) is 8.80. The van der Waals surface area contributed by atoms with E-state index >= 15 is 0 Å². The maximum absolute atomic E-state index is 12.1. The van der Waals surface area contributed by atoms with Gasteiger partial charge in [-0.15, -0.1) is 0 Å². The molecule has 2 N–H and O–H groups in total. The highest BCUT2D eigenvalue weighted by Crippen LogP contribution is 2.14. The van der Waals surface area contributed by atoms with Gasteiger partial charge in [-0.2, -0.15) is 0 Å². The molecule has 0 radical (unpaired) electrons. The highest BCUT2D eigenvalue weighted by molar-refractivity contribution is 7.89. The van der Waals surface area contributed by atoms with E-state index in [2.05, 4.69) is 11.3 Å². The van der Waals surface area contributed by atoms with Gasteiger partial charge in [0.25, 0.3) is 0 Å². The molecule has 0 aromatic heterocycles. The van der Waals surface area contributed by atoms with E-state index < -0.39 is 16.0 Å². The third-order valence-electron chi connectivity index (χ3n) is 3.65. The third kappa shape index (κ3) is 4.40. The largest absolute Gasteiger partial charge is 0.478 e. The van der Waals surface area contributed by atoms with Crippen molar-refractivity contribution in [2.45, 2.75) is 17.7 Å². The Morgan fingerprint density at radius 2 is 1.74 bits per heavy atom. The number of aromatic carboxylic acids is 1. The number of amides is 1. The first kappa shape index (κ1) is 17.2. The van der Waals surface area contributed by atoms with Gasteiger partial charge in [-0.3, -0.25) is 4.79 Å². The summed E-state index contributed by atoms with van der Waals surface area (Å²) in [5.74, 6) is -1.42. The maximum atomic E-state index is 12.1. The van der Waals surface area contributed by atoms with Crippen molar-refractivity contribution in [2.75, 3.05) is 19.6 Å². The standard InChI is InChI=1S/C15H18N2O5S/c1-11-6-8-17(9-7-11)14(18)10-16-23(21,22)13-4-2-12(3-5-13)15(19)20/h2-5,16H,1,6-10H2,(H,19,20). The Morgan fingerprint density at radius 3 is 2.26 bits per heavy atom. The van der Waals surface area contributed by atoms with Gasteiger partial charge in [0, 0.05) is 13.1 Å². The van der Waals surface area contributed by atoms with Crippen LogP contribution in [-0.4, -0.2) is 49.9 Å². The zero-order valence-corrected chi connectivity index (χ0v) is 13.3. The molecule has 0 saturated carbocycles. The van der Waals surface area contributed by atoms with Crippen LogP contribution in [0.2, 0.25) is 0 Å². The number of carboxylic acid groups (broad SMARTS) is 1. The van der Waals surface area contributed by atoms with Gasteiger partial charge in [-0.25, -0.2) is 17.9 Å². The number of benzene rings is 1. The van der Waals surface area contributed by atoms with Crippen molar-refractivity contribution in [2.24, 2.45) is 0 Å². The van der Waals surface area contributed by atoms with Crippen LogP contribution in [0.1, 0.15) is 23.2 Å². The van der Waals surface area contributed by atoms with E-state index in [1.807, 2.05) is 0 Å². The molecule has 1 amide bonds. The Bertz CT molecular complexity index is 715. The van der Waals surface area contributed by atoms with E-state index in [0.717, 1.165) is 18.4 Å². The Hall–Kier alpha value is -2.19. The molecule has 23 heavy (non-hydrogen) atoms. The van der Waals surface area contributed by atoms with Crippen molar-refractivity contribution in [3.63, 3.8) is 0 Å². The number of nitrogens with one attached hydrogen (secondary N) is 1. The van der Waals surface area contributed by atoms with Crippen molar-refractivity contribution in [1.82, 2.24) is 9.62 Å². The van der Waals surface area contributed by atoms with Gasteiger partial charge in [0.05, 0.1) is 17.0 Å². The molecule has 0 unspecified atom stereocenters. The van der Waals surface area contributed by atoms with E-state index in [-0.39, 0.29) is 22.9 Å². The fraction of sp³-hybridized carbons (Fsp3) is 0.333. The van der Waals surface area contributed by atoms with E-state index in [9.17, 15) is 18.0 Å². The van der Waals surface area contributed by atoms with Crippen LogP contribution in [-0.2, 0) is 14.8 Å². The summed E-state index contributed by atoms with van der Waals surface area (Å²) in [4.78, 5) is 24.3. The second-order valence-corrected chi connectivity index (χ2v) is 7.05. The lowest BCUT2D eigenvalue weighted by Gasteiger charge is -2.28. The summed E-state index contributed by atoms with van der Waals surface area (Å²) in [6.45, 7) is 4.63. The molecule has 8 heteroatoms. The molecule has 2 rings (SSSR count). The summed E-state index contributed by atoms with van der Waals surface area (Å²) in [5.41, 5.74) is 1.08. The molecule has 1 aromatic rings. The lowest BCUT2D eigenvalue weighted by molar-refractivity contribution is -0.130. The van der Waals surface area contributed by atoms with Crippen molar-refractivity contribution < 1.29 is 23.1 Å². The molecular formula is C15H18N2O5S. The molecule has 124 valence electrons. The number of carbonyl (C=O) groups is 2. The fourth-order valence-corrected chi connectivity index (χ4v) is 3.18. The predicted octanol–water partition coefficient (Wildman–Crippen LogP) is 0.842. The van der Waals surface area contributed by atoms with Crippen LogP contribution in [0, 0.1) is 0 Å². The van der Waals surface area contributed by atoms with Gasteiger partial charge in [0.1, 0.15) is 0 Å². The minimum absolute atomic E-state index is 0.00595. The first-order valence-electron chi connectivity index (χ1n) is 7.07. The minimum Gasteiger partial charge on any atom is -0.478 e. The number of carboxylic acids is 1. The van der Waals surface area contributed by atoms with Crippen LogP contribution in [0.5, 0.6) is 0 Å². The highest BCUT2D eigenvalue weighted by Gasteiger charge is 2.21. The summed E-state index contributed by atoms with van der Waals surface area (Å²) in [7, 11) is -3.86. The second-order valence-electron chi connectivity index (χ2n) is 5.28. The third-order valence-corrected chi connectivity index (χ3v) is 5.07. The average molecular weight is 338 g/mol. The van der Waals surface area contributed by atoms with Crippen molar-refractivity contribution in [3.05, 3.63) is 42.0 Å². The molecule has 7 nitrogen and oxygen atoms in total. The lowest BCUT2D eigenvalue weighted by atomic mass is 10.1. The molecule has 1 heterocycles. The van der Waals surface area contributed by atoms with E-state index in [1.54, 1.807) is 4.90 Å². The minimum atomic E-state index is -3.86. The Labute approximate surface area is 134 Å². The zero-order chi connectivity index (χ0) is 17.0. The lowest BCUT2D eigenvalue weighted by Crippen LogP contribution is -2.42. The quantitative estimate of drug-likeness (QED) is 0.774. The molecule has 1 aromatic carbocycles. The molecule has 1 fully saturated rings. The molecule has 1 saturated heterocycles. The normalized spacial score (nSPS) is 15.5. The number of carbonyl (C=O) groups excluding carboxylic acids is 1. The smallest absolute Gasteiger partial charge is 0.335 e. The first-order valence-corrected chi connectivity index (χ1v) is 8.55. The molecule has 0 aliphatic carbocycles. The number of rotatable bonds is 5. The van der Waals surface area contributed by atoms with Gasteiger partial charge >= 0.3 is 5.97 Å². The number of sulfonamides is 1. The second kappa shape index (κ2) is 6.93. The average Bonchev–Trinajstić information content (AvgIpc) is 2.53. The number of likely N-dealkylation sites (tertiary alicyclic amines) is 1. The van der Waals surface area contributed by atoms with Crippen LogP contribution in [0.25, 0.3) is 0 Å². The van der Waals surface area contributed by atoms with Crippen LogP contribution in [0.4, 0.5) is 0 Å². The van der Waals surface area contributed by atoms with Crippen molar-refractivity contribution >= 4 is 21.9 Å². The molecule has 0 bridgehead atoms. The van der Waals surface area contributed by atoms with Crippen LogP contribution < -0.4 is 4.72 Å². The maximum Gasteiger partial charge on any atom is 0.335 e. The summed E-state index contributed by atoms with van der Waals surface area (Å²) >= 11 is 0. The predicted molar refractivity (Wildman–Crippen MR) is 83.5 cm³/mol. The fourth-order valence-electron chi connectivity index (χ4n) is 2.20. The topological polar surface area (TPSA) is 104 Å². The summed E-state index contributed by atoms with van der Waals surface area (Å²) < 4.78 is 26.5. The van der Waals surface area contributed by atoms with Gasteiger partial charge in [0.2, 0.25) is 15.9 Å². The van der Waals surface area contributed by atoms with Gasteiger partial charge < -0.3 is 10.0 Å². The van der Waals surface area contributed by atoms with Crippen molar-refractivity contribution in [1.29, 1.82) is 0 Å². The van der Waals surface area contributed by atoms with Crippen LogP contribution >= 0.6 is 0 Å². The first-order chi connectivity index (χ1) is 10.8. The summed E-state index contributed by atoms with van der Waals surface area (Å²) in [6, 6.07) is 4.80. The molecular weight excluding hydrogens is 320 g/mol. The van der Waals surface area contributed by atoms with E-state index in [1.165, 1.54) is 24.3 Å². The zero-order valence-electron chi connectivity index (χ0n) is 12.5. The van der Waals surface area contributed by atoms with Gasteiger partial charge in [-0.05, 0) is 37.1 Å².